The predicted molar refractivity (Wildman–Crippen MR) is 70.9 cm³/mol. The Morgan fingerprint density at radius 2 is 1.82 bits per heavy atom. The standard InChI is InChI=1S/C14H12ClNO/c1-16-13-9-11(15)7-8-12(13)14(17)10-5-3-2-4-6-10/h2-9,16H,1H3. The summed E-state index contributed by atoms with van der Waals surface area (Å²) in [5.74, 6) is -0.00776. The lowest BCUT2D eigenvalue weighted by Gasteiger charge is -2.08. The molecule has 0 aliphatic heterocycles. The topological polar surface area (TPSA) is 29.1 Å². The van der Waals surface area contributed by atoms with Gasteiger partial charge in [0.05, 0.1) is 0 Å². The fraction of sp³-hybridized carbons (Fsp3) is 0.0714. The summed E-state index contributed by atoms with van der Waals surface area (Å²) in [5.41, 5.74) is 2.04. The highest BCUT2D eigenvalue weighted by Crippen LogP contribution is 2.23. The molecule has 2 rings (SSSR count). The van der Waals surface area contributed by atoms with E-state index in [1.165, 1.54) is 0 Å². The van der Waals surface area contributed by atoms with E-state index in [0.29, 0.717) is 16.1 Å². The Kier molecular flexibility index (Phi) is 3.45. The molecule has 86 valence electrons. The number of hydrogen-bond donors (Lipinski definition) is 1. The molecule has 0 radical (unpaired) electrons. The van der Waals surface area contributed by atoms with Crippen molar-refractivity contribution in [1.82, 2.24) is 0 Å². The molecular formula is C14H12ClNO. The first-order valence-electron chi connectivity index (χ1n) is 5.29. The molecule has 0 unspecified atom stereocenters. The molecule has 1 N–H and O–H groups in total. The first kappa shape index (κ1) is 11.7. The van der Waals surface area contributed by atoms with Gasteiger partial charge < -0.3 is 5.32 Å². The summed E-state index contributed by atoms with van der Waals surface area (Å²) in [7, 11) is 1.77. The number of hydrogen-bond acceptors (Lipinski definition) is 2. The molecule has 0 saturated heterocycles. The maximum Gasteiger partial charge on any atom is 0.195 e. The molecule has 17 heavy (non-hydrogen) atoms. The molecule has 2 nitrogen and oxygen atoms in total. The molecule has 0 aliphatic rings. The predicted octanol–water partition coefficient (Wildman–Crippen LogP) is 3.61. The van der Waals surface area contributed by atoms with Crippen molar-refractivity contribution in [3.8, 4) is 0 Å². The van der Waals surface area contributed by atoms with Gasteiger partial charge in [-0.05, 0) is 18.2 Å². The summed E-state index contributed by atoms with van der Waals surface area (Å²) >= 11 is 5.89. The molecule has 0 heterocycles. The normalized spacial score (nSPS) is 10.0. The first-order chi connectivity index (χ1) is 8.22. The highest BCUT2D eigenvalue weighted by molar-refractivity contribution is 6.31. The Morgan fingerprint density at radius 3 is 2.47 bits per heavy atom. The molecule has 2 aromatic carbocycles. The minimum absolute atomic E-state index is 0.00776. The third-order valence-corrected chi connectivity index (χ3v) is 2.77. The van der Waals surface area contributed by atoms with Crippen molar-refractivity contribution in [3.05, 3.63) is 64.7 Å². The summed E-state index contributed by atoms with van der Waals surface area (Å²) in [6, 6.07) is 14.4. The first-order valence-corrected chi connectivity index (χ1v) is 5.67. The van der Waals surface area contributed by atoms with Crippen LogP contribution in [0.25, 0.3) is 0 Å². The summed E-state index contributed by atoms with van der Waals surface area (Å²) < 4.78 is 0. The number of halogens is 1. The average Bonchev–Trinajstić information content (AvgIpc) is 2.39. The fourth-order valence-electron chi connectivity index (χ4n) is 1.67. The number of rotatable bonds is 3. The second kappa shape index (κ2) is 5.02. The van der Waals surface area contributed by atoms with Gasteiger partial charge in [-0.2, -0.15) is 0 Å². The third kappa shape index (κ3) is 2.48. The van der Waals surface area contributed by atoms with Crippen LogP contribution in [0, 0.1) is 0 Å². The molecule has 0 aromatic heterocycles. The van der Waals surface area contributed by atoms with E-state index < -0.39 is 0 Å². The van der Waals surface area contributed by atoms with Gasteiger partial charge in [0.1, 0.15) is 0 Å². The van der Waals surface area contributed by atoms with Crippen molar-refractivity contribution in [1.29, 1.82) is 0 Å². The number of carbonyl (C=O) groups is 1. The van der Waals surface area contributed by atoms with Gasteiger partial charge in [0.15, 0.2) is 5.78 Å². The minimum Gasteiger partial charge on any atom is -0.387 e. The quantitative estimate of drug-likeness (QED) is 0.837. The van der Waals surface area contributed by atoms with Crippen LogP contribution in [0.4, 0.5) is 5.69 Å². The highest BCUT2D eigenvalue weighted by Gasteiger charge is 2.12. The van der Waals surface area contributed by atoms with Gasteiger partial charge in [-0.15, -0.1) is 0 Å². The van der Waals surface area contributed by atoms with Crippen LogP contribution in [0.15, 0.2) is 48.5 Å². The van der Waals surface area contributed by atoms with E-state index in [0.717, 1.165) is 5.69 Å². The van der Waals surface area contributed by atoms with Crippen molar-refractivity contribution in [2.24, 2.45) is 0 Å². The lowest BCUT2D eigenvalue weighted by atomic mass is 10.0. The van der Waals surface area contributed by atoms with Gasteiger partial charge in [0, 0.05) is 28.9 Å². The van der Waals surface area contributed by atoms with Crippen LogP contribution in [0.1, 0.15) is 15.9 Å². The Balaban J connectivity index is 2.44. The van der Waals surface area contributed by atoms with E-state index in [-0.39, 0.29) is 5.78 Å². The molecule has 0 spiro atoms. The van der Waals surface area contributed by atoms with Crippen LogP contribution in [0.5, 0.6) is 0 Å². The van der Waals surface area contributed by atoms with Crippen LogP contribution >= 0.6 is 11.6 Å². The zero-order valence-corrected chi connectivity index (χ0v) is 10.2. The molecule has 0 atom stereocenters. The van der Waals surface area contributed by atoms with Gasteiger partial charge >= 0.3 is 0 Å². The molecule has 3 heteroatoms. The number of benzene rings is 2. The van der Waals surface area contributed by atoms with Crippen LogP contribution in [0.2, 0.25) is 5.02 Å². The lowest BCUT2D eigenvalue weighted by Crippen LogP contribution is -2.05. The van der Waals surface area contributed by atoms with Crippen molar-refractivity contribution >= 4 is 23.1 Å². The van der Waals surface area contributed by atoms with Crippen LogP contribution in [0.3, 0.4) is 0 Å². The fourth-order valence-corrected chi connectivity index (χ4v) is 1.84. The third-order valence-electron chi connectivity index (χ3n) is 2.53. The van der Waals surface area contributed by atoms with Crippen molar-refractivity contribution < 1.29 is 4.79 Å². The molecule has 0 saturated carbocycles. The zero-order chi connectivity index (χ0) is 12.3. The van der Waals surface area contributed by atoms with E-state index in [4.69, 9.17) is 11.6 Å². The Labute approximate surface area is 105 Å². The Morgan fingerprint density at radius 1 is 1.12 bits per heavy atom. The summed E-state index contributed by atoms with van der Waals surface area (Å²) in [4.78, 5) is 12.3. The monoisotopic (exact) mass is 245 g/mol. The van der Waals surface area contributed by atoms with Crippen molar-refractivity contribution in [2.75, 3.05) is 12.4 Å². The molecule has 2 aromatic rings. The average molecular weight is 246 g/mol. The largest absolute Gasteiger partial charge is 0.387 e. The second-order valence-corrected chi connectivity index (χ2v) is 4.07. The Hall–Kier alpha value is -1.80. The molecule has 0 fully saturated rings. The van der Waals surface area contributed by atoms with Gasteiger partial charge in [0.2, 0.25) is 0 Å². The van der Waals surface area contributed by atoms with Crippen LogP contribution < -0.4 is 5.32 Å². The van der Waals surface area contributed by atoms with Crippen LogP contribution in [-0.2, 0) is 0 Å². The molecule has 0 amide bonds. The van der Waals surface area contributed by atoms with Gasteiger partial charge in [-0.25, -0.2) is 0 Å². The van der Waals surface area contributed by atoms with E-state index in [9.17, 15) is 4.79 Å². The number of carbonyl (C=O) groups excluding carboxylic acids is 1. The second-order valence-electron chi connectivity index (χ2n) is 3.64. The van der Waals surface area contributed by atoms with E-state index in [1.807, 2.05) is 18.2 Å². The lowest BCUT2D eigenvalue weighted by molar-refractivity contribution is 0.103. The number of anilines is 1. The summed E-state index contributed by atoms with van der Waals surface area (Å²) in [6.45, 7) is 0. The highest BCUT2D eigenvalue weighted by atomic mass is 35.5. The van der Waals surface area contributed by atoms with Crippen LogP contribution in [-0.4, -0.2) is 12.8 Å². The van der Waals surface area contributed by atoms with Crippen molar-refractivity contribution in [2.45, 2.75) is 0 Å². The maximum atomic E-state index is 12.3. The minimum atomic E-state index is -0.00776. The SMILES string of the molecule is CNc1cc(Cl)ccc1C(=O)c1ccccc1. The van der Waals surface area contributed by atoms with Gasteiger partial charge in [0.25, 0.3) is 0 Å². The smallest absolute Gasteiger partial charge is 0.195 e. The van der Waals surface area contributed by atoms with Gasteiger partial charge in [-0.3, -0.25) is 4.79 Å². The summed E-state index contributed by atoms with van der Waals surface area (Å²) in [6.07, 6.45) is 0. The van der Waals surface area contributed by atoms with Crippen molar-refractivity contribution in [3.63, 3.8) is 0 Å². The summed E-state index contributed by atoms with van der Waals surface area (Å²) in [5, 5.41) is 3.59. The van der Waals surface area contributed by atoms with E-state index in [2.05, 4.69) is 5.32 Å². The Bertz CT molecular complexity index is 537. The number of nitrogens with one attached hydrogen (secondary N) is 1. The van der Waals surface area contributed by atoms with Gasteiger partial charge in [-0.1, -0.05) is 41.9 Å². The van der Waals surface area contributed by atoms with E-state index in [1.54, 1.807) is 37.4 Å². The molecular weight excluding hydrogens is 234 g/mol. The molecule has 0 aliphatic carbocycles. The maximum absolute atomic E-state index is 12.3. The molecule has 0 bridgehead atoms. The van der Waals surface area contributed by atoms with E-state index >= 15 is 0 Å². The zero-order valence-electron chi connectivity index (χ0n) is 9.41. The number of ketones is 1.